The number of fused-ring (bicyclic) bond motifs is 1. The second kappa shape index (κ2) is 12.7. The van der Waals surface area contributed by atoms with Gasteiger partial charge < -0.3 is 26.2 Å². The van der Waals surface area contributed by atoms with Crippen LogP contribution in [-0.2, 0) is 19.2 Å². The van der Waals surface area contributed by atoms with E-state index >= 15 is 0 Å². The lowest BCUT2D eigenvalue weighted by atomic mass is 9.73. The first-order valence-corrected chi connectivity index (χ1v) is 18.4. The Morgan fingerprint density at radius 2 is 1.68 bits per heavy atom. The monoisotopic (exact) mass is 689 g/mol. The molecule has 5 aliphatic rings. The number of nitrogens with one attached hydrogen (secondary N) is 4. The number of hydrogen-bond donors (Lipinski definition) is 4. The lowest BCUT2D eigenvalue weighted by Crippen LogP contribution is -2.62. The predicted octanol–water partition coefficient (Wildman–Crippen LogP) is 3.29. The Morgan fingerprint density at radius 1 is 0.980 bits per heavy atom. The molecular formula is C38H55N7O5. The van der Waals surface area contributed by atoms with Crippen molar-refractivity contribution in [2.24, 2.45) is 33.5 Å². The standard InChI is InChI=1S/C38H55N7O5/c1-8-24-19-38(24,33(50)39-7)44-30(47)26-20-37(35(5,6)36(37)15-12-16-36)22-45(26)32(49)28(34(2,3)4)43-31(48)27(23-13-10-9-11-14-23)42-29(46)25-21-40-17-18-41-25/h8,17-18,21,23-24,26-28H,1,9-16,19-20,22H2,2-7H3,(H,39,50)(H,42,46)(H,43,48)(H,44,47)/t24-,26+,27+,28?,37?,38-/m1/s1. The normalized spacial score (nSPS) is 30.4. The molecule has 50 heavy (non-hydrogen) atoms. The third-order valence-electron chi connectivity index (χ3n) is 13.6. The molecule has 12 heteroatoms. The average molecular weight is 690 g/mol. The number of nitrogens with zero attached hydrogens (tertiary/aromatic N) is 3. The molecule has 1 aromatic rings. The highest BCUT2D eigenvalue weighted by Gasteiger charge is 2.85. The summed E-state index contributed by atoms with van der Waals surface area (Å²) in [5.74, 6) is -2.17. The third-order valence-corrected chi connectivity index (χ3v) is 13.6. The predicted molar refractivity (Wildman–Crippen MR) is 187 cm³/mol. The van der Waals surface area contributed by atoms with Crippen molar-refractivity contribution in [3.8, 4) is 0 Å². The Morgan fingerprint density at radius 3 is 2.20 bits per heavy atom. The molecule has 4 aliphatic carbocycles. The number of hydrogen-bond acceptors (Lipinski definition) is 7. The zero-order valence-electron chi connectivity index (χ0n) is 30.6. The van der Waals surface area contributed by atoms with Crippen LogP contribution < -0.4 is 21.3 Å². The van der Waals surface area contributed by atoms with Crippen LogP contribution in [0.3, 0.4) is 0 Å². The maximum atomic E-state index is 15.0. The van der Waals surface area contributed by atoms with Crippen LogP contribution >= 0.6 is 0 Å². The van der Waals surface area contributed by atoms with Crippen molar-refractivity contribution in [3.63, 3.8) is 0 Å². The van der Waals surface area contributed by atoms with E-state index in [9.17, 15) is 24.0 Å². The molecule has 2 spiro atoms. The number of carbonyl (C=O) groups is 5. The van der Waals surface area contributed by atoms with Crippen molar-refractivity contribution in [3.05, 3.63) is 36.9 Å². The minimum atomic E-state index is -1.09. The molecule has 2 heterocycles. The first-order chi connectivity index (χ1) is 23.6. The molecule has 1 saturated heterocycles. The quantitative estimate of drug-likeness (QED) is 0.274. The summed E-state index contributed by atoms with van der Waals surface area (Å²) in [6, 6.07) is -2.65. The molecule has 0 aromatic carbocycles. The SMILES string of the molecule is C=C[C@@H]1C[C@]1(NC(=O)[C@@H]1CC2(CN1C(=O)C(NC(=O)[C@@H](NC(=O)c1cnccn1)C1CCCCC1)C(C)(C)C)C(C)(C)C21CCC1)C(=O)NC. The van der Waals surface area contributed by atoms with Crippen molar-refractivity contribution >= 4 is 29.5 Å². The molecular weight excluding hydrogens is 634 g/mol. The van der Waals surface area contributed by atoms with Crippen LogP contribution in [0.4, 0.5) is 0 Å². The fourth-order valence-electron chi connectivity index (χ4n) is 10.2. The van der Waals surface area contributed by atoms with E-state index < -0.39 is 40.9 Å². The largest absolute Gasteiger partial charge is 0.357 e. The van der Waals surface area contributed by atoms with E-state index in [1.165, 1.54) is 18.6 Å². The maximum Gasteiger partial charge on any atom is 0.272 e. The third kappa shape index (κ3) is 5.61. The van der Waals surface area contributed by atoms with Gasteiger partial charge >= 0.3 is 0 Å². The van der Waals surface area contributed by atoms with Gasteiger partial charge in [-0.25, -0.2) is 4.98 Å². The lowest BCUT2D eigenvalue weighted by molar-refractivity contribution is -0.145. The summed E-state index contributed by atoms with van der Waals surface area (Å²) in [6.45, 7) is 14.5. The molecule has 1 aliphatic heterocycles. The summed E-state index contributed by atoms with van der Waals surface area (Å²) in [5.41, 5.74) is -1.94. The Bertz CT molecular complexity index is 1550. The first kappa shape index (κ1) is 36.0. The van der Waals surface area contributed by atoms with Crippen LogP contribution in [0, 0.1) is 33.5 Å². The van der Waals surface area contributed by atoms with E-state index in [0.717, 1.165) is 51.4 Å². The molecule has 0 bridgehead atoms. The highest BCUT2D eigenvalue weighted by Crippen LogP contribution is 2.88. The number of likely N-dealkylation sites (N-methyl/N-ethyl adjacent to an activating group) is 1. The summed E-state index contributed by atoms with van der Waals surface area (Å²) in [7, 11) is 1.55. The summed E-state index contributed by atoms with van der Waals surface area (Å²) < 4.78 is 0. The minimum absolute atomic E-state index is 0.0619. The molecule has 1 aromatic heterocycles. The van der Waals surface area contributed by atoms with Gasteiger partial charge in [-0.1, -0.05) is 66.4 Å². The molecule has 2 unspecified atom stereocenters. The second-order valence-corrected chi connectivity index (χ2v) is 17.2. The van der Waals surface area contributed by atoms with Crippen molar-refractivity contribution in [2.75, 3.05) is 13.6 Å². The number of carbonyl (C=O) groups excluding carboxylic acids is 5. The number of likely N-dealkylation sites (tertiary alicyclic amines) is 1. The fraction of sp³-hybridized carbons (Fsp3) is 0.711. The van der Waals surface area contributed by atoms with Crippen LogP contribution in [-0.4, -0.2) is 81.7 Å². The zero-order valence-corrected chi connectivity index (χ0v) is 30.6. The van der Waals surface area contributed by atoms with Gasteiger partial charge in [0.1, 0.15) is 29.4 Å². The Hall–Kier alpha value is -3.83. The van der Waals surface area contributed by atoms with E-state index in [1.807, 2.05) is 20.8 Å². The molecule has 4 N–H and O–H groups in total. The van der Waals surface area contributed by atoms with Gasteiger partial charge in [-0.3, -0.25) is 29.0 Å². The molecule has 272 valence electrons. The summed E-state index contributed by atoms with van der Waals surface area (Å²) in [4.78, 5) is 79.7. The smallest absolute Gasteiger partial charge is 0.272 e. The maximum absolute atomic E-state index is 15.0. The number of rotatable bonds is 10. The van der Waals surface area contributed by atoms with Crippen LogP contribution in [0.5, 0.6) is 0 Å². The Labute approximate surface area is 295 Å². The number of aromatic nitrogens is 2. The topological polar surface area (TPSA) is 162 Å². The summed E-state index contributed by atoms with van der Waals surface area (Å²) >= 11 is 0. The van der Waals surface area contributed by atoms with Gasteiger partial charge in [-0.05, 0) is 60.7 Å². The molecule has 4 saturated carbocycles. The highest BCUT2D eigenvalue weighted by atomic mass is 16.2. The van der Waals surface area contributed by atoms with Gasteiger partial charge in [-0.2, -0.15) is 0 Å². The van der Waals surface area contributed by atoms with Crippen molar-refractivity contribution in [1.82, 2.24) is 36.1 Å². The van der Waals surface area contributed by atoms with Crippen LogP contribution in [0.2, 0.25) is 0 Å². The van der Waals surface area contributed by atoms with Crippen LogP contribution in [0.25, 0.3) is 0 Å². The van der Waals surface area contributed by atoms with Gasteiger partial charge in [-0.15, -0.1) is 6.58 Å². The van der Waals surface area contributed by atoms with Crippen molar-refractivity contribution in [1.29, 1.82) is 0 Å². The van der Waals surface area contributed by atoms with Gasteiger partial charge in [0.2, 0.25) is 23.6 Å². The molecule has 5 amide bonds. The van der Waals surface area contributed by atoms with Gasteiger partial charge in [0.05, 0.1) is 6.20 Å². The van der Waals surface area contributed by atoms with E-state index in [1.54, 1.807) is 18.0 Å². The Kier molecular flexibility index (Phi) is 9.17. The molecule has 12 nitrogen and oxygen atoms in total. The average Bonchev–Trinajstić information content (AvgIpc) is 3.80. The van der Waals surface area contributed by atoms with E-state index in [-0.39, 0.29) is 51.5 Å². The fourth-order valence-corrected chi connectivity index (χ4v) is 10.2. The van der Waals surface area contributed by atoms with Crippen LogP contribution in [0.1, 0.15) is 109 Å². The molecule has 6 atom stereocenters. The summed E-state index contributed by atoms with van der Waals surface area (Å²) in [5, 5.41) is 11.7. The summed E-state index contributed by atoms with van der Waals surface area (Å²) in [6.07, 6.45) is 14.7. The van der Waals surface area contributed by atoms with E-state index in [4.69, 9.17) is 0 Å². The first-order valence-electron chi connectivity index (χ1n) is 18.4. The zero-order chi connectivity index (χ0) is 36.3. The number of amides is 5. The highest BCUT2D eigenvalue weighted by molar-refractivity contribution is 6.00. The molecule has 6 rings (SSSR count). The molecule has 5 fully saturated rings. The lowest BCUT2D eigenvalue weighted by Gasteiger charge is -2.38. The van der Waals surface area contributed by atoms with Crippen LogP contribution in [0.15, 0.2) is 31.2 Å². The van der Waals surface area contributed by atoms with Gasteiger partial charge in [0.25, 0.3) is 5.91 Å². The second-order valence-electron chi connectivity index (χ2n) is 17.2. The van der Waals surface area contributed by atoms with Crippen molar-refractivity contribution in [2.45, 2.75) is 122 Å². The van der Waals surface area contributed by atoms with E-state index in [2.05, 4.69) is 51.7 Å². The van der Waals surface area contributed by atoms with Gasteiger partial charge in [0, 0.05) is 37.3 Å². The minimum Gasteiger partial charge on any atom is -0.357 e. The Balaban J connectivity index is 1.29. The van der Waals surface area contributed by atoms with Crippen molar-refractivity contribution < 1.29 is 24.0 Å². The molecule has 0 radical (unpaired) electrons. The van der Waals surface area contributed by atoms with Gasteiger partial charge in [0.15, 0.2) is 0 Å². The van der Waals surface area contributed by atoms with E-state index in [0.29, 0.717) is 19.4 Å².